The summed E-state index contributed by atoms with van der Waals surface area (Å²) in [5.74, 6) is 0.496. The lowest BCUT2D eigenvalue weighted by Gasteiger charge is -2.10. The molecule has 2 rings (SSSR count). The summed E-state index contributed by atoms with van der Waals surface area (Å²) in [4.78, 5) is 0. The van der Waals surface area contributed by atoms with Crippen LogP contribution in [0.3, 0.4) is 0 Å². The summed E-state index contributed by atoms with van der Waals surface area (Å²) in [6.07, 6.45) is 0. The van der Waals surface area contributed by atoms with Gasteiger partial charge >= 0.3 is 0 Å². The van der Waals surface area contributed by atoms with Gasteiger partial charge in [-0.25, -0.2) is 0 Å². The zero-order valence-electron chi connectivity index (χ0n) is 8.73. The Morgan fingerprint density at radius 3 is 2.47 bits per heavy atom. The molecule has 1 aromatic carbocycles. The molecule has 0 spiro atoms. The summed E-state index contributed by atoms with van der Waals surface area (Å²) in [6.45, 7) is 1.78. The minimum Gasteiger partial charge on any atom is -0.321 e. The molecule has 90 valence electrons. The van der Waals surface area contributed by atoms with Gasteiger partial charge in [0, 0.05) is 4.47 Å². The van der Waals surface area contributed by atoms with Gasteiger partial charge in [0.05, 0.1) is 16.1 Å². The van der Waals surface area contributed by atoms with E-state index in [0.717, 1.165) is 4.47 Å². The molecule has 2 aromatic rings. The third-order valence-electron chi connectivity index (χ3n) is 2.09. The Morgan fingerprint density at radius 1 is 1.35 bits per heavy atom. The summed E-state index contributed by atoms with van der Waals surface area (Å²) < 4.78 is 2.23. The van der Waals surface area contributed by atoms with Crippen molar-refractivity contribution in [2.24, 2.45) is 5.73 Å². The Morgan fingerprint density at radius 2 is 1.94 bits per heavy atom. The van der Waals surface area contributed by atoms with E-state index in [4.69, 9.17) is 28.9 Å². The van der Waals surface area contributed by atoms with E-state index in [2.05, 4.69) is 31.5 Å². The number of nitrogens with zero attached hydrogens (tertiary/aromatic N) is 4. The smallest absolute Gasteiger partial charge is 0.173 e. The quantitative estimate of drug-likeness (QED) is 0.915. The van der Waals surface area contributed by atoms with Crippen molar-refractivity contribution in [1.82, 2.24) is 20.2 Å². The van der Waals surface area contributed by atoms with Crippen molar-refractivity contribution in [3.05, 3.63) is 32.5 Å². The van der Waals surface area contributed by atoms with E-state index in [1.165, 1.54) is 4.68 Å². The van der Waals surface area contributed by atoms with E-state index in [9.17, 15) is 0 Å². The monoisotopic (exact) mass is 335 g/mol. The van der Waals surface area contributed by atoms with Gasteiger partial charge in [0.1, 0.15) is 5.69 Å². The lowest BCUT2D eigenvalue weighted by Crippen LogP contribution is -2.14. The molecular formula is C9H8BrCl2N5. The minimum absolute atomic E-state index is 0.319. The lowest BCUT2D eigenvalue weighted by atomic mass is 10.3. The molecule has 0 radical (unpaired) electrons. The number of benzene rings is 1. The van der Waals surface area contributed by atoms with Gasteiger partial charge < -0.3 is 5.73 Å². The van der Waals surface area contributed by atoms with E-state index < -0.39 is 0 Å². The van der Waals surface area contributed by atoms with Crippen LogP contribution >= 0.6 is 39.1 Å². The number of aromatic nitrogens is 4. The van der Waals surface area contributed by atoms with Gasteiger partial charge in [0.25, 0.3) is 0 Å². The van der Waals surface area contributed by atoms with Crippen molar-refractivity contribution in [1.29, 1.82) is 0 Å². The van der Waals surface area contributed by atoms with Gasteiger partial charge in [-0.3, -0.25) is 0 Å². The number of halogens is 3. The highest BCUT2D eigenvalue weighted by Gasteiger charge is 2.17. The van der Waals surface area contributed by atoms with Crippen LogP contribution in [0.15, 0.2) is 16.6 Å². The second-order valence-electron chi connectivity index (χ2n) is 3.46. The third-order valence-corrected chi connectivity index (χ3v) is 3.13. The van der Waals surface area contributed by atoms with Crippen LogP contribution in [0.1, 0.15) is 18.8 Å². The zero-order valence-corrected chi connectivity index (χ0v) is 11.8. The van der Waals surface area contributed by atoms with Gasteiger partial charge in [-0.05, 0) is 29.5 Å². The molecule has 0 aliphatic heterocycles. The van der Waals surface area contributed by atoms with E-state index in [-0.39, 0.29) is 6.04 Å². The molecule has 0 saturated heterocycles. The number of hydrogen-bond acceptors (Lipinski definition) is 4. The minimum atomic E-state index is -0.319. The molecule has 0 aliphatic rings. The van der Waals surface area contributed by atoms with Gasteiger partial charge in [0.2, 0.25) is 0 Å². The van der Waals surface area contributed by atoms with Crippen LogP contribution in [0.2, 0.25) is 10.0 Å². The number of nitrogens with two attached hydrogens (primary N) is 1. The Hall–Kier alpha value is -0.690. The first kappa shape index (κ1) is 12.8. The van der Waals surface area contributed by atoms with Gasteiger partial charge in [-0.1, -0.05) is 39.1 Å². The fourth-order valence-electron chi connectivity index (χ4n) is 1.37. The molecule has 5 nitrogen and oxygen atoms in total. The van der Waals surface area contributed by atoms with Crippen LogP contribution in [0.4, 0.5) is 0 Å². The molecule has 1 unspecified atom stereocenters. The Bertz CT molecular complexity index is 531. The number of hydrogen-bond donors (Lipinski definition) is 1. The van der Waals surface area contributed by atoms with Crippen molar-refractivity contribution in [3.63, 3.8) is 0 Å². The summed E-state index contributed by atoms with van der Waals surface area (Å²) in [5.41, 5.74) is 6.29. The Labute approximate surface area is 116 Å². The van der Waals surface area contributed by atoms with Crippen LogP contribution < -0.4 is 5.73 Å². The van der Waals surface area contributed by atoms with E-state index in [1.54, 1.807) is 19.1 Å². The fraction of sp³-hybridized carbons (Fsp3) is 0.222. The van der Waals surface area contributed by atoms with Crippen LogP contribution in [0.25, 0.3) is 5.69 Å². The highest BCUT2D eigenvalue weighted by atomic mass is 79.9. The standard InChI is InChI=1S/C9H8BrCl2N5/c1-4(13)9-14-15-16-17(9)8-6(11)2-5(10)3-7(8)12/h2-4H,13H2,1H3. The first-order valence-electron chi connectivity index (χ1n) is 4.69. The van der Waals surface area contributed by atoms with Crippen LogP contribution in [-0.4, -0.2) is 20.2 Å². The maximum Gasteiger partial charge on any atom is 0.173 e. The molecule has 8 heteroatoms. The predicted molar refractivity (Wildman–Crippen MR) is 69.5 cm³/mol. The molecule has 1 aromatic heterocycles. The van der Waals surface area contributed by atoms with Gasteiger partial charge in [0.15, 0.2) is 5.82 Å². The fourth-order valence-corrected chi connectivity index (χ4v) is 2.74. The molecule has 1 atom stereocenters. The van der Waals surface area contributed by atoms with E-state index in [1.807, 2.05) is 0 Å². The maximum atomic E-state index is 6.13. The molecule has 0 saturated carbocycles. The van der Waals surface area contributed by atoms with Crippen LogP contribution in [0.5, 0.6) is 0 Å². The summed E-state index contributed by atoms with van der Waals surface area (Å²) in [6, 6.07) is 3.12. The largest absolute Gasteiger partial charge is 0.321 e. The molecule has 0 aliphatic carbocycles. The van der Waals surface area contributed by atoms with E-state index >= 15 is 0 Å². The Kier molecular flexibility index (Phi) is 3.67. The second kappa shape index (κ2) is 4.89. The zero-order chi connectivity index (χ0) is 12.6. The number of tetrazole rings is 1. The number of rotatable bonds is 2. The van der Waals surface area contributed by atoms with Crippen LogP contribution in [-0.2, 0) is 0 Å². The van der Waals surface area contributed by atoms with Crippen molar-refractivity contribution in [2.75, 3.05) is 0 Å². The second-order valence-corrected chi connectivity index (χ2v) is 5.19. The van der Waals surface area contributed by atoms with Crippen molar-refractivity contribution in [3.8, 4) is 5.69 Å². The maximum absolute atomic E-state index is 6.13. The molecular weight excluding hydrogens is 329 g/mol. The highest BCUT2D eigenvalue weighted by molar-refractivity contribution is 9.10. The molecule has 0 bridgehead atoms. The predicted octanol–water partition coefficient (Wildman–Crippen LogP) is 2.75. The lowest BCUT2D eigenvalue weighted by molar-refractivity contribution is 0.688. The summed E-state index contributed by atoms with van der Waals surface area (Å²) in [5, 5.41) is 12.2. The average Bonchev–Trinajstić information content (AvgIpc) is 2.64. The average molecular weight is 337 g/mol. The SMILES string of the molecule is CC(N)c1nnnn1-c1c(Cl)cc(Br)cc1Cl. The summed E-state index contributed by atoms with van der Waals surface area (Å²) >= 11 is 15.6. The first-order valence-corrected chi connectivity index (χ1v) is 6.24. The van der Waals surface area contributed by atoms with E-state index in [0.29, 0.717) is 21.6 Å². The van der Waals surface area contributed by atoms with Crippen molar-refractivity contribution in [2.45, 2.75) is 13.0 Å². The highest BCUT2D eigenvalue weighted by Crippen LogP contribution is 2.32. The first-order chi connectivity index (χ1) is 8.00. The summed E-state index contributed by atoms with van der Waals surface area (Å²) in [7, 11) is 0. The third kappa shape index (κ3) is 2.44. The topological polar surface area (TPSA) is 69.6 Å². The van der Waals surface area contributed by atoms with Crippen molar-refractivity contribution >= 4 is 39.1 Å². The normalized spacial score (nSPS) is 12.8. The Balaban J connectivity index is 2.64. The van der Waals surface area contributed by atoms with Gasteiger partial charge in [-0.15, -0.1) is 5.10 Å². The van der Waals surface area contributed by atoms with Gasteiger partial charge in [-0.2, -0.15) is 4.68 Å². The molecule has 1 heterocycles. The van der Waals surface area contributed by atoms with Crippen LogP contribution in [0, 0.1) is 0 Å². The molecule has 0 amide bonds. The van der Waals surface area contributed by atoms with Crippen molar-refractivity contribution < 1.29 is 0 Å². The molecule has 2 N–H and O–H groups in total. The molecule has 17 heavy (non-hydrogen) atoms. The molecule has 0 fully saturated rings.